The monoisotopic (exact) mass is 315 g/mol. The molecule has 3 rings (SSSR count). The summed E-state index contributed by atoms with van der Waals surface area (Å²) in [6.07, 6.45) is 4.01. The Morgan fingerprint density at radius 3 is 2.91 bits per heavy atom. The minimum atomic E-state index is -0.399. The van der Waals surface area contributed by atoms with Gasteiger partial charge in [0, 0.05) is 18.8 Å². The van der Waals surface area contributed by atoms with Gasteiger partial charge in [0.15, 0.2) is 0 Å². The summed E-state index contributed by atoms with van der Waals surface area (Å²) in [5.74, 6) is -0.772. The smallest absolute Gasteiger partial charge is 0.274 e. The zero-order valence-electron chi connectivity index (χ0n) is 12.6. The molecule has 0 spiro atoms. The van der Waals surface area contributed by atoms with Crippen molar-refractivity contribution in [1.29, 1.82) is 0 Å². The first-order chi connectivity index (χ1) is 11.2. The summed E-state index contributed by atoms with van der Waals surface area (Å²) < 4.78 is 18.6. The highest BCUT2D eigenvalue weighted by Crippen LogP contribution is 2.14. The lowest BCUT2D eigenvalue weighted by Gasteiger charge is -2.12. The van der Waals surface area contributed by atoms with Crippen molar-refractivity contribution in [3.8, 4) is 0 Å². The Hall–Kier alpha value is -2.47. The van der Waals surface area contributed by atoms with Crippen molar-refractivity contribution in [2.45, 2.75) is 18.9 Å². The van der Waals surface area contributed by atoms with E-state index in [-0.39, 0.29) is 17.7 Å². The third kappa shape index (κ3) is 4.26. The number of ether oxygens (including phenoxy) is 1. The second-order valence-electron chi connectivity index (χ2n) is 5.41. The second kappa shape index (κ2) is 7.19. The first-order valence-corrected chi connectivity index (χ1v) is 7.59. The van der Waals surface area contributed by atoms with Gasteiger partial charge in [-0.25, -0.2) is 9.37 Å². The number of carbonyl (C=O) groups excluding carboxylic acids is 1. The number of aromatic nitrogens is 1. The lowest BCUT2D eigenvalue weighted by atomic mass is 10.2. The van der Waals surface area contributed by atoms with E-state index in [1.54, 1.807) is 24.4 Å². The average molecular weight is 315 g/mol. The predicted molar refractivity (Wildman–Crippen MR) is 86.1 cm³/mol. The third-order valence-corrected chi connectivity index (χ3v) is 3.64. The number of pyridine rings is 1. The Balaban J connectivity index is 1.56. The van der Waals surface area contributed by atoms with Crippen LogP contribution in [-0.4, -0.2) is 30.1 Å². The average Bonchev–Trinajstić information content (AvgIpc) is 3.07. The number of nitrogens with one attached hydrogen (secondary N) is 2. The first-order valence-electron chi connectivity index (χ1n) is 7.59. The Morgan fingerprint density at radius 1 is 1.30 bits per heavy atom. The zero-order chi connectivity index (χ0) is 16.1. The van der Waals surface area contributed by atoms with E-state index in [1.165, 1.54) is 18.2 Å². The maximum Gasteiger partial charge on any atom is 0.274 e. The first kappa shape index (κ1) is 15.4. The fraction of sp³-hybridized carbons (Fsp3) is 0.294. The van der Waals surface area contributed by atoms with Gasteiger partial charge in [0.05, 0.1) is 18.0 Å². The van der Waals surface area contributed by atoms with Gasteiger partial charge in [0.1, 0.15) is 11.5 Å². The van der Waals surface area contributed by atoms with E-state index < -0.39 is 5.82 Å². The summed E-state index contributed by atoms with van der Waals surface area (Å²) in [4.78, 5) is 16.2. The fourth-order valence-corrected chi connectivity index (χ4v) is 2.43. The van der Waals surface area contributed by atoms with Crippen LogP contribution in [0.4, 0.5) is 15.8 Å². The summed E-state index contributed by atoms with van der Waals surface area (Å²) >= 11 is 0. The fourth-order valence-electron chi connectivity index (χ4n) is 2.43. The van der Waals surface area contributed by atoms with Crippen molar-refractivity contribution in [1.82, 2.24) is 4.98 Å². The molecule has 23 heavy (non-hydrogen) atoms. The van der Waals surface area contributed by atoms with Gasteiger partial charge in [0.25, 0.3) is 5.91 Å². The van der Waals surface area contributed by atoms with Gasteiger partial charge in [-0.2, -0.15) is 0 Å². The highest BCUT2D eigenvalue weighted by molar-refractivity contribution is 6.02. The van der Waals surface area contributed by atoms with Gasteiger partial charge >= 0.3 is 0 Å². The number of benzene rings is 1. The van der Waals surface area contributed by atoms with Crippen molar-refractivity contribution >= 4 is 17.3 Å². The molecule has 2 aromatic rings. The third-order valence-electron chi connectivity index (χ3n) is 3.64. The summed E-state index contributed by atoms with van der Waals surface area (Å²) in [6, 6.07) is 9.17. The molecule has 0 saturated carbocycles. The molecule has 1 fully saturated rings. The number of hydrogen-bond donors (Lipinski definition) is 2. The predicted octanol–water partition coefficient (Wildman–Crippen LogP) is 3.06. The standard InChI is InChI=1S/C17H18FN3O2/c18-12-3-1-4-13(9-12)21-17(22)16-7-6-14(10-20-16)19-11-15-5-2-8-23-15/h1,3-4,6-7,9-10,15,19H,2,5,8,11H2,(H,21,22). The maximum absolute atomic E-state index is 13.1. The molecule has 1 unspecified atom stereocenters. The normalized spacial score (nSPS) is 17.0. The van der Waals surface area contributed by atoms with E-state index >= 15 is 0 Å². The number of rotatable bonds is 5. The van der Waals surface area contributed by atoms with E-state index in [2.05, 4.69) is 15.6 Å². The van der Waals surface area contributed by atoms with E-state index in [1.807, 2.05) is 0 Å². The molecule has 1 saturated heterocycles. The zero-order valence-corrected chi connectivity index (χ0v) is 12.6. The van der Waals surface area contributed by atoms with E-state index in [9.17, 15) is 9.18 Å². The second-order valence-corrected chi connectivity index (χ2v) is 5.41. The molecule has 0 bridgehead atoms. The summed E-state index contributed by atoms with van der Waals surface area (Å²) in [7, 11) is 0. The highest BCUT2D eigenvalue weighted by atomic mass is 19.1. The molecule has 120 valence electrons. The maximum atomic E-state index is 13.1. The summed E-state index contributed by atoms with van der Waals surface area (Å²) in [6.45, 7) is 1.56. The van der Waals surface area contributed by atoms with E-state index in [0.717, 1.165) is 31.7 Å². The van der Waals surface area contributed by atoms with Crippen LogP contribution >= 0.6 is 0 Å². The largest absolute Gasteiger partial charge is 0.381 e. The van der Waals surface area contributed by atoms with E-state index in [0.29, 0.717) is 5.69 Å². The van der Waals surface area contributed by atoms with Crippen molar-refractivity contribution in [2.24, 2.45) is 0 Å². The molecule has 1 atom stereocenters. The molecule has 0 aliphatic carbocycles. The molecule has 0 radical (unpaired) electrons. The molecular formula is C17H18FN3O2. The minimum Gasteiger partial charge on any atom is -0.381 e. The summed E-state index contributed by atoms with van der Waals surface area (Å²) in [5.41, 5.74) is 1.51. The Labute approximate surface area is 133 Å². The van der Waals surface area contributed by atoms with Crippen LogP contribution in [0, 0.1) is 5.82 Å². The molecule has 1 amide bonds. The Morgan fingerprint density at radius 2 is 2.22 bits per heavy atom. The van der Waals surface area contributed by atoms with Crippen molar-refractivity contribution in [3.05, 3.63) is 54.1 Å². The lowest BCUT2D eigenvalue weighted by Crippen LogP contribution is -2.19. The molecule has 1 aromatic carbocycles. The van der Waals surface area contributed by atoms with Crippen LogP contribution in [0.15, 0.2) is 42.6 Å². The molecule has 5 nitrogen and oxygen atoms in total. The van der Waals surface area contributed by atoms with Gasteiger partial charge < -0.3 is 15.4 Å². The number of nitrogens with zero attached hydrogens (tertiary/aromatic N) is 1. The number of halogens is 1. The van der Waals surface area contributed by atoms with Crippen molar-refractivity contribution in [2.75, 3.05) is 23.8 Å². The number of amides is 1. The molecule has 2 N–H and O–H groups in total. The van der Waals surface area contributed by atoms with Crippen LogP contribution in [0.5, 0.6) is 0 Å². The quantitative estimate of drug-likeness (QED) is 0.890. The van der Waals surface area contributed by atoms with Crippen LogP contribution in [-0.2, 0) is 4.74 Å². The van der Waals surface area contributed by atoms with Crippen LogP contribution < -0.4 is 10.6 Å². The molecule has 6 heteroatoms. The molecule has 1 aliphatic heterocycles. The van der Waals surface area contributed by atoms with Gasteiger partial charge in [-0.05, 0) is 43.2 Å². The van der Waals surface area contributed by atoms with Gasteiger partial charge in [-0.1, -0.05) is 6.07 Å². The topological polar surface area (TPSA) is 63.2 Å². The van der Waals surface area contributed by atoms with Crippen LogP contribution in [0.2, 0.25) is 0 Å². The SMILES string of the molecule is O=C(Nc1cccc(F)c1)c1ccc(NCC2CCCO2)cn1. The number of carbonyl (C=O) groups is 1. The molecule has 2 heterocycles. The van der Waals surface area contributed by atoms with Gasteiger partial charge in [0.2, 0.25) is 0 Å². The Kier molecular flexibility index (Phi) is 4.83. The molecule has 1 aliphatic rings. The van der Waals surface area contributed by atoms with Crippen molar-refractivity contribution in [3.63, 3.8) is 0 Å². The molecule has 1 aromatic heterocycles. The van der Waals surface area contributed by atoms with Crippen LogP contribution in [0.25, 0.3) is 0 Å². The highest BCUT2D eigenvalue weighted by Gasteiger charge is 2.15. The van der Waals surface area contributed by atoms with E-state index in [4.69, 9.17) is 4.74 Å². The van der Waals surface area contributed by atoms with Gasteiger partial charge in [-0.3, -0.25) is 4.79 Å². The van der Waals surface area contributed by atoms with Crippen molar-refractivity contribution < 1.29 is 13.9 Å². The summed E-state index contributed by atoms with van der Waals surface area (Å²) in [5, 5.41) is 5.85. The van der Waals surface area contributed by atoms with Gasteiger partial charge in [-0.15, -0.1) is 0 Å². The number of anilines is 2. The van der Waals surface area contributed by atoms with Crippen LogP contribution in [0.3, 0.4) is 0 Å². The minimum absolute atomic E-state index is 0.242. The lowest BCUT2D eigenvalue weighted by molar-refractivity contribution is 0.102. The Bertz CT molecular complexity index is 670. The number of hydrogen-bond acceptors (Lipinski definition) is 4. The molecular weight excluding hydrogens is 297 g/mol. The van der Waals surface area contributed by atoms with Crippen LogP contribution in [0.1, 0.15) is 23.3 Å².